The smallest absolute Gasteiger partial charge is 0.168 e. The fraction of sp³-hybridized carbons (Fsp3) is 0.118. The summed E-state index contributed by atoms with van der Waals surface area (Å²) in [6.45, 7) is 0.839. The van der Waals surface area contributed by atoms with E-state index < -0.39 is 0 Å². The Labute approximate surface area is 133 Å². The molecule has 0 amide bonds. The first kappa shape index (κ1) is 14.2. The molecule has 0 aliphatic heterocycles. The van der Waals surface area contributed by atoms with Crippen LogP contribution in [0.1, 0.15) is 11.1 Å². The average Bonchev–Trinajstić information content (AvgIpc) is 2.95. The topological polar surface area (TPSA) is 17.8 Å². The monoisotopic (exact) mass is 314 g/mol. The molecule has 3 aromatic rings. The number of benzene rings is 2. The summed E-state index contributed by atoms with van der Waals surface area (Å²) >= 11 is 7.90. The van der Waals surface area contributed by atoms with Crippen molar-refractivity contribution in [3.63, 3.8) is 0 Å². The molecule has 3 rings (SSSR count). The zero-order valence-corrected chi connectivity index (χ0v) is 13.0. The highest BCUT2D eigenvalue weighted by atomic mass is 35.5. The fourth-order valence-corrected chi connectivity index (χ4v) is 3.34. The molecule has 0 radical (unpaired) electrons. The Hall–Kier alpha value is -1.71. The molecule has 1 heterocycles. The predicted molar refractivity (Wildman–Crippen MR) is 88.8 cm³/mol. The number of imidazole rings is 1. The lowest BCUT2D eigenvalue weighted by Gasteiger charge is -2.08. The highest BCUT2D eigenvalue weighted by Gasteiger charge is 2.06. The number of rotatable bonds is 5. The lowest BCUT2D eigenvalue weighted by Crippen LogP contribution is -2.00. The summed E-state index contributed by atoms with van der Waals surface area (Å²) in [6.07, 6.45) is 3.86. The third kappa shape index (κ3) is 3.69. The van der Waals surface area contributed by atoms with Gasteiger partial charge >= 0.3 is 0 Å². The Balaban J connectivity index is 1.70. The Bertz CT molecular complexity index is 710. The van der Waals surface area contributed by atoms with Crippen molar-refractivity contribution in [1.82, 2.24) is 9.55 Å². The minimum atomic E-state index is 0.811. The van der Waals surface area contributed by atoms with Gasteiger partial charge < -0.3 is 4.57 Å². The molecular formula is C17H15ClN2S. The number of hydrogen-bond acceptors (Lipinski definition) is 2. The molecule has 0 aliphatic rings. The SMILES string of the molecule is Clc1ccccc1CSc1nccn1Cc1ccccc1. The van der Waals surface area contributed by atoms with E-state index in [9.17, 15) is 0 Å². The molecule has 2 nitrogen and oxygen atoms in total. The van der Waals surface area contributed by atoms with Crippen LogP contribution in [0.3, 0.4) is 0 Å². The summed E-state index contributed by atoms with van der Waals surface area (Å²) in [4.78, 5) is 4.44. The van der Waals surface area contributed by atoms with E-state index in [4.69, 9.17) is 11.6 Å². The van der Waals surface area contributed by atoms with Crippen LogP contribution in [0, 0.1) is 0 Å². The average molecular weight is 315 g/mol. The maximum atomic E-state index is 6.19. The van der Waals surface area contributed by atoms with Crippen molar-refractivity contribution in [3.05, 3.63) is 83.1 Å². The molecule has 106 valence electrons. The zero-order valence-electron chi connectivity index (χ0n) is 11.4. The summed E-state index contributed by atoms with van der Waals surface area (Å²) < 4.78 is 2.16. The van der Waals surface area contributed by atoms with E-state index in [1.54, 1.807) is 11.8 Å². The van der Waals surface area contributed by atoms with Gasteiger partial charge in [0.15, 0.2) is 5.16 Å². The highest BCUT2D eigenvalue weighted by molar-refractivity contribution is 7.98. The first-order valence-electron chi connectivity index (χ1n) is 6.74. The second kappa shape index (κ2) is 6.83. The summed E-state index contributed by atoms with van der Waals surface area (Å²) in [5, 5.41) is 1.82. The predicted octanol–water partition coefficient (Wildman–Crippen LogP) is 4.88. The first-order valence-corrected chi connectivity index (χ1v) is 8.10. The Morgan fingerprint density at radius 1 is 1.00 bits per heavy atom. The van der Waals surface area contributed by atoms with Crippen LogP contribution >= 0.6 is 23.4 Å². The number of thioether (sulfide) groups is 1. The molecule has 0 atom stereocenters. The van der Waals surface area contributed by atoms with E-state index in [0.29, 0.717) is 0 Å². The molecule has 21 heavy (non-hydrogen) atoms. The molecule has 0 spiro atoms. The van der Waals surface area contributed by atoms with Gasteiger partial charge in [-0.25, -0.2) is 4.98 Å². The largest absolute Gasteiger partial charge is 0.322 e. The molecule has 0 aliphatic carbocycles. The van der Waals surface area contributed by atoms with Crippen LogP contribution in [-0.2, 0) is 12.3 Å². The normalized spacial score (nSPS) is 10.7. The van der Waals surface area contributed by atoms with Crippen LogP contribution in [0.4, 0.5) is 0 Å². The van der Waals surface area contributed by atoms with Crippen molar-refractivity contribution in [2.45, 2.75) is 17.5 Å². The summed E-state index contributed by atoms with van der Waals surface area (Å²) in [6, 6.07) is 18.3. The highest BCUT2D eigenvalue weighted by Crippen LogP contribution is 2.25. The van der Waals surface area contributed by atoms with E-state index >= 15 is 0 Å². The fourth-order valence-electron chi connectivity index (χ4n) is 2.09. The molecule has 0 bridgehead atoms. The minimum absolute atomic E-state index is 0.811. The minimum Gasteiger partial charge on any atom is -0.322 e. The van der Waals surface area contributed by atoms with Gasteiger partial charge in [-0.1, -0.05) is 71.9 Å². The first-order chi connectivity index (χ1) is 10.3. The Kier molecular flexibility index (Phi) is 4.63. The molecule has 2 aromatic carbocycles. The molecule has 4 heteroatoms. The van der Waals surface area contributed by atoms with E-state index in [1.165, 1.54) is 5.56 Å². The lowest BCUT2D eigenvalue weighted by atomic mass is 10.2. The molecular weight excluding hydrogens is 300 g/mol. The number of hydrogen-bond donors (Lipinski definition) is 0. The molecule has 0 saturated carbocycles. The van der Waals surface area contributed by atoms with Crippen LogP contribution in [0.25, 0.3) is 0 Å². The molecule has 0 N–H and O–H groups in total. The summed E-state index contributed by atoms with van der Waals surface area (Å²) in [5.41, 5.74) is 2.41. The van der Waals surface area contributed by atoms with Crippen molar-refractivity contribution in [1.29, 1.82) is 0 Å². The molecule has 0 fully saturated rings. The molecule has 0 saturated heterocycles. The second-order valence-electron chi connectivity index (χ2n) is 4.70. The van der Waals surface area contributed by atoms with E-state index in [-0.39, 0.29) is 0 Å². The van der Waals surface area contributed by atoms with Gasteiger partial charge in [0.25, 0.3) is 0 Å². The van der Waals surface area contributed by atoms with Crippen LogP contribution in [0.5, 0.6) is 0 Å². The van der Waals surface area contributed by atoms with E-state index in [1.807, 2.05) is 36.7 Å². The van der Waals surface area contributed by atoms with Crippen LogP contribution < -0.4 is 0 Å². The maximum absolute atomic E-state index is 6.19. The Morgan fingerprint density at radius 3 is 2.57 bits per heavy atom. The number of nitrogens with zero attached hydrogens (tertiary/aromatic N) is 2. The second-order valence-corrected chi connectivity index (χ2v) is 6.05. The third-order valence-corrected chi connectivity index (χ3v) is 4.61. The zero-order chi connectivity index (χ0) is 14.5. The van der Waals surface area contributed by atoms with Crippen molar-refractivity contribution < 1.29 is 0 Å². The van der Waals surface area contributed by atoms with Gasteiger partial charge in [-0.05, 0) is 17.2 Å². The summed E-state index contributed by atoms with van der Waals surface area (Å²) in [7, 11) is 0. The molecule has 0 unspecified atom stereocenters. The standard InChI is InChI=1S/C17H15ClN2S/c18-16-9-5-4-8-15(16)13-21-17-19-10-11-20(17)12-14-6-2-1-3-7-14/h1-11H,12-13H2. The van der Waals surface area contributed by atoms with Crippen molar-refractivity contribution in [2.75, 3.05) is 0 Å². The van der Waals surface area contributed by atoms with Gasteiger partial charge in [0, 0.05) is 29.7 Å². The van der Waals surface area contributed by atoms with Gasteiger partial charge in [-0.3, -0.25) is 0 Å². The number of aromatic nitrogens is 2. The Morgan fingerprint density at radius 2 is 1.76 bits per heavy atom. The quantitative estimate of drug-likeness (QED) is 0.625. The van der Waals surface area contributed by atoms with Crippen molar-refractivity contribution in [3.8, 4) is 0 Å². The third-order valence-electron chi connectivity index (χ3n) is 3.19. The van der Waals surface area contributed by atoms with Crippen LogP contribution in [0.15, 0.2) is 72.1 Å². The van der Waals surface area contributed by atoms with Gasteiger partial charge in [0.05, 0.1) is 0 Å². The van der Waals surface area contributed by atoms with Gasteiger partial charge in [0.2, 0.25) is 0 Å². The van der Waals surface area contributed by atoms with Gasteiger partial charge in [-0.15, -0.1) is 0 Å². The van der Waals surface area contributed by atoms with E-state index in [0.717, 1.165) is 28.0 Å². The van der Waals surface area contributed by atoms with E-state index in [2.05, 4.69) is 39.9 Å². The van der Waals surface area contributed by atoms with Crippen LogP contribution in [-0.4, -0.2) is 9.55 Å². The van der Waals surface area contributed by atoms with Gasteiger partial charge in [0.1, 0.15) is 0 Å². The van der Waals surface area contributed by atoms with Gasteiger partial charge in [-0.2, -0.15) is 0 Å². The number of halogens is 1. The van der Waals surface area contributed by atoms with Crippen molar-refractivity contribution in [2.24, 2.45) is 0 Å². The molecule has 1 aromatic heterocycles. The van der Waals surface area contributed by atoms with Crippen LogP contribution in [0.2, 0.25) is 5.02 Å². The maximum Gasteiger partial charge on any atom is 0.168 e. The summed E-state index contributed by atoms with van der Waals surface area (Å²) in [5.74, 6) is 0.825. The lowest BCUT2D eigenvalue weighted by molar-refractivity contribution is 0.708. The van der Waals surface area contributed by atoms with Crippen molar-refractivity contribution >= 4 is 23.4 Å².